The van der Waals surface area contributed by atoms with Crippen LogP contribution in [0.4, 0.5) is 5.82 Å². The Bertz CT molecular complexity index is 807. The molecule has 6 heteroatoms. The summed E-state index contributed by atoms with van der Waals surface area (Å²) in [6, 6.07) is 3.36. The highest BCUT2D eigenvalue weighted by molar-refractivity contribution is 5.53. The van der Waals surface area contributed by atoms with Crippen molar-refractivity contribution in [3.8, 4) is 0 Å². The van der Waals surface area contributed by atoms with E-state index in [0.29, 0.717) is 12.5 Å². The van der Waals surface area contributed by atoms with E-state index in [-0.39, 0.29) is 5.56 Å². The van der Waals surface area contributed by atoms with Crippen LogP contribution in [-0.2, 0) is 19.4 Å². The Hall–Kier alpha value is -2.24. The molecule has 2 aliphatic rings. The number of aromatic nitrogens is 4. The van der Waals surface area contributed by atoms with Crippen molar-refractivity contribution in [3.05, 3.63) is 45.3 Å². The summed E-state index contributed by atoms with van der Waals surface area (Å²) < 4.78 is 1.59. The third-order valence-electron chi connectivity index (χ3n) is 4.71. The summed E-state index contributed by atoms with van der Waals surface area (Å²) in [6.45, 7) is 6.44. The van der Waals surface area contributed by atoms with Crippen molar-refractivity contribution in [2.45, 2.75) is 39.7 Å². The van der Waals surface area contributed by atoms with Crippen LogP contribution in [0.25, 0.3) is 0 Å². The van der Waals surface area contributed by atoms with Gasteiger partial charge in [0.05, 0.1) is 12.2 Å². The van der Waals surface area contributed by atoms with Crippen molar-refractivity contribution >= 4 is 5.82 Å². The largest absolute Gasteiger partial charge is 0.355 e. The second-order valence-corrected chi connectivity index (χ2v) is 6.64. The van der Waals surface area contributed by atoms with Crippen LogP contribution in [0.15, 0.2) is 16.9 Å². The Labute approximate surface area is 135 Å². The van der Waals surface area contributed by atoms with Gasteiger partial charge in [0.1, 0.15) is 11.6 Å². The average molecular weight is 311 g/mol. The van der Waals surface area contributed by atoms with E-state index in [1.165, 1.54) is 17.7 Å². The highest BCUT2D eigenvalue weighted by Crippen LogP contribution is 2.32. The fraction of sp³-hybridized carbons (Fsp3) is 0.529. The van der Waals surface area contributed by atoms with E-state index >= 15 is 0 Å². The minimum Gasteiger partial charge on any atom is -0.355 e. The van der Waals surface area contributed by atoms with Gasteiger partial charge >= 0.3 is 0 Å². The van der Waals surface area contributed by atoms with Gasteiger partial charge in [-0.05, 0) is 39.2 Å². The Morgan fingerprint density at radius 2 is 2.00 bits per heavy atom. The molecular formula is C17H21N5O. The number of rotatable bonds is 3. The first-order chi connectivity index (χ1) is 11.1. The molecule has 4 rings (SSSR count). The summed E-state index contributed by atoms with van der Waals surface area (Å²) in [5.41, 5.74) is 3.42. The first-order valence-corrected chi connectivity index (χ1v) is 8.26. The zero-order chi connectivity index (χ0) is 16.0. The molecule has 1 aliphatic carbocycles. The normalized spacial score (nSPS) is 17.2. The molecule has 2 aromatic heterocycles. The lowest BCUT2D eigenvalue weighted by atomic mass is 9.99. The van der Waals surface area contributed by atoms with Gasteiger partial charge in [-0.1, -0.05) is 0 Å². The third-order valence-corrected chi connectivity index (χ3v) is 4.71. The molecule has 0 spiro atoms. The maximum absolute atomic E-state index is 11.9. The maximum Gasteiger partial charge on any atom is 0.266 e. The number of aryl methyl sites for hydroxylation is 3. The summed E-state index contributed by atoms with van der Waals surface area (Å²) in [5, 5.41) is 4.32. The summed E-state index contributed by atoms with van der Waals surface area (Å²) >= 11 is 0. The van der Waals surface area contributed by atoms with E-state index in [0.717, 1.165) is 43.3 Å². The Morgan fingerprint density at radius 3 is 2.83 bits per heavy atom. The van der Waals surface area contributed by atoms with Crippen LogP contribution in [0.1, 0.15) is 29.2 Å². The molecule has 1 fully saturated rings. The minimum absolute atomic E-state index is 0.0205. The van der Waals surface area contributed by atoms with Crippen LogP contribution in [-0.4, -0.2) is 32.8 Å². The number of hydrogen-bond donors (Lipinski definition) is 0. The SMILES string of the molecule is Cc1ccc(=O)n(CC2CN(c3nc(C)nc4c3CCC4)C2)n1. The summed E-state index contributed by atoms with van der Waals surface area (Å²) in [7, 11) is 0. The van der Waals surface area contributed by atoms with Gasteiger partial charge in [-0.15, -0.1) is 0 Å². The van der Waals surface area contributed by atoms with Crippen LogP contribution in [0.3, 0.4) is 0 Å². The van der Waals surface area contributed by atoms with Crippen molar-refractivity contribution in [2.24, 2.45) is 5.92 Å². The lowest BCUT2D eigenvalue weighted by molar-refractivity contribution is 0.331. The molecule has 1 aliphatic heterocycles. The fourth-order valence-electron chi connectivity index (χ4n) is 3.58. The van der Waals surface area contributed by atoms with Crippen molar-refractivity contribution < 1.29 is 0 Å². The van der Waals surface area contributed by atoms with E-state index in [4.69, 9.17) is 0 Å². The van der Waals surface area contributed by atoms with Gasteiger partial charge in [-0.2, -0.15) is 5.10 Å². The Kier molecular flexibility index (Phi) is 3.39. The maximum atomic E-state index is 11.9. The van der Waals surface area contributed by atoms with E-state index in [1.54, 1.807) is 16.8 Å². The van der Waals surface area contributed by atoms with Gasteiger partial charge in [0.2, 0.25) is 0 Å². The summed E-state index contributed by atoms with van der Waals surface area (Å²) in [6.07, 6.45) is 3.34. The predicted molar refractivity (Wildman–Crippen MR) is 87.7 cm³/mol. The number of anilines is 1. The van der Waals surface area contributed by atoms with Crippen molar-refractivity contribution in [1.82, 2.24) is 19.7 Å². The molecule has 2 aromatic rings. The monoisotopic (exact) mass is 311 g/mol. The molecule has 0 radical (unpaired) electrons. The zero-order valence-electron chi connectivity index (χ0n) is 13.6. The lowest BCUT2D eigenvalue weighted by Gasteiger charge is -2.41. The smallest absolute Gasteiger partial charge is 0.266 e. The van der Waals surface area contributed by atoms with Crippen LogP contribution in [0, 0.1) is 19.8 Å². The number of fused-ring (bicyclic) bond motifs is 1. The highest BCUT2D eigenvalue weighted by Gasteiger charge is 2.32. The molecule has 0 N–H and O–H groups in total. The Balaban J connectivity index is 1.48. The summed E-state index contributed by atoms with van der Waals surface area (Å²) in [4.78, 5) is 23.4. The molecule has 0 amide bonds. The van der Waals surface area contributed by atoms with E-state index in [2.05, 4.69) is 20.0 Å². The van der Waals surface area contributed by atoms with Crippen molar-refractivity contribution in [2.75, 3.05) is 18.0 Å². The van der Waals surface area contributed by atoms with Gasteiger partial charge in [0.15, 0.2) is 0 Å². The highest BCUT2D eigenvalue weighted by atomic mass is 16.1. The molecular weight excluding hydrogens is 290 g/mol. The average Bonchev–Trinajstić information content (AvgIpc) is 2.93. The topological polar surface area (TPSA) is 63.9 Å². The van der Waals surface area contributed by atoms with Crippen LogP contribution < -0.4 is 10.5 Å². The summed E-state index contributed by atoms with van der Waals surface area (Å²) in [5.74, 6) is 2.43. The predicted octanol–water partition coefficient (Wildman–Crippen LogP) is 1.28. The molecule has 3 heterocycles. The first kappa shape index (κ1) is 14.4. The molecule has 6 nitrogen and oxygen atoms in total. The van der Waals surface area contributed by atoms with Crippen LogP contribution in [0.5, 0.6) is 0 Å². The minimum atomic E-state index is -0.0205. The molecule has 23 heavy (non-hydrogen) atoms. The van der Waals surface area contributed by atoms with Gasteiger partial charge in [0.25, 0.3) is 5.56 Å². The van der Waals surface area contributed by atoms with Crippen LogP contribution in [0.2, 0.25) is 0 Å². The number of nitrogens with zero attached hydrogens (tertiary/aromatic N) is 5. The first-order valence-electron chi connectivity index (χ1n) is 8.26. The second-order valence-electron chi connectivity index (χ2n) is 6.64. The molecule has 120 valence electrons. The molecule has 0 bridgehead atoms. The zero-order valence-corrected chi connectivity index (χ0v) is 13.6. The second kappa shape index (κ2) is 5.44. The van der Waals surface area contributed by atoms with E-state index in [1.807, 2.05) is 13.8 Å². The fourth-order valence-corrected chi connectivity index (χ4v) is 3.58. The van der Waals surface area contributed by atoms with Gasteiger partial charge in [-0.3, -0.25) is 4.79 Å². The van der Waals surface area contributed by atoms with Gasteiger partial charge in [-0.25, -0.2) is 14.6 Å². The van der Waals surface area contributed by atoms with Gasteiger partial charge in [0, 0.05) is 36.3 Å². The van der Waals surface area contributed by atoms with Gasteiger partial charge < -0.3 is 4.90 Å². The lowest BCUT2D eigenvalue weighted by Crippen LogP contribution is -2.50. The quantitative estimate of drug-likeness (QED) is 0.854. The molecule has 1 saturated heterocycles. The van der Waals surface area contributed by atoms with Crippen molar-refractivity contribution in [1.29, 1.82) is 0 Å². The molecule has 0 unspecified atom stereocenters. The standard InChI is InChI=1S/C17H21N5O/c1-11-6-7-16(23)22(20-11)10-13-8-21(9-13)17-14-4-3-5-15(14)18-12(2)19-17/h6-7,13H,3-5,8-10H2,1-2H3. The van der Waals surface area contributed by atoms with E-state index in [9.17, 15) is 4.79 Å². The van der Waals surface area contributed by atoms with E-state index < -0.39 is 0 Å². The van der Waals surface area contributed by atoms with Crippen molar-refractivity contribution in [3.63, 3.8) is 0 Å². The molecule has 0 atom stereocenters. The Morgan fingerprint density at radius 1 is 1.17 bits per heavy atom. The number of hydrogen-bond acceptors (Lipinski definition) is 5. The molecule has 0 aromatic carbocycles. The van der Waals surface area contributed by atoms with Crippen LogP contribution >= 0.6 is 0 Å². The third kappa shape index (κ3) is 2.62. The molecule has 0 saturated carbocycles.